The molecule has 1 heterocycles. The van der Waals surface area contributed by atoms with Gasteiger partial charge in [-0.2, -0.15) is 0 Å². The number of carbonyl (C=O) groups is 2. The molecule has 0 N–H and O–H groups in total. The summed E-state index contributed by atoms with van der Waals surface area (Å²) in [5.41, 5.74) is -1.90. The van der Waals surface area contributed by atoms with Gasteiger partial charge in [0.15, 0.2) is 5.81 Å². The molecule has 6 heteroatoms. The Hall–Kier alpha value is -1.07. The van der Waals surface area contributed by atoms with Gasteiger partial charge < -0.3 is 9.64 Å². The van der Waals surface area contributed by atoms with Gasteiger partial charge in [0.25, 0.3) is 0 Å². The molecule has 0 unspecified atom stereocenters. The van der Waals surface area contributed by atoms with Crippen molar-refractivity contribution < 1.29 is 18.7 Å². The highest BCUT2D eigenvalue weighted by Gasteiger charge is 2.43. The summed E-state index contributed by atoms with van der Waals surface area (Å²) in [6, 6.07) is 0. The van der Waals surface area contributed by atoms with E-state index >= 15 is 0 Å². The van der Waals surface area contributed by atoms with Gasteiger partial charge in [-0.05, 0) is 6.92 Å². The van der Waals surface area contributed by atoms with Gasteiger partial charge in [0.05, 0.1) is 6.61 Å². The van der Waals surface area contributed by atoms with Crippen LogP contribution >= 0.6 is 0 Å². The largest absolute Gasteiger partial charge is 0.464 e. The van der Waals surface area contributed by atoms with E-state index in [0.29, 0.717) is 0 Å². The van der Waals surface area contributed by atoms with Crippen molar-refractivity contribution in [3.63, 3.8) is 0 Å². The molecular formula is C9H15BFNO3. The number of amides is 1. The summed E-state index contributed by atoms with van der Waals surface area (Å²) in [6.07, 6.45) is 0.0663. The summed E-state index contributed by atoms with van der Waals surface area (Å²) in [7, 11) is 1.44. The van der Waals surface area contributed by atoms with Crippen molar-refractivity contribution in [2.24, 2.45) is 0 Å². The van der Waals surface area contributed by atoms with Crippen LogP contribution in [0.4, 0.5) is 9.18 Å². The molecule has 1 aliphatic heterocycles. The first-order valence-electron chi connectivity index (χ1n) is 5.11. The van der Waals surface area contributed by atoms with Crippen molar-refractivity contribution in [1.82, 2.24) is 4.90 Å². The molecule has 15 heavy (non-hydrogen) atoms. The van der Waals surface area contributed by atoms with Gasteiger partial charge in [0.1, 0.15) is 0 Å². The normalized spacial score (nSPS) is 19.7. The molecule has 0 saturated carbocycles. The van der Waals surface area contributed by atoms with Crippen LogP contribution in [0.3, 0.4) is 0 Å². The quantitative estimate of drug-likeness (QED) is 0.485. The summed E-state index contributed by atoms with van der Waals surface area (Å²) in [6.45, 7) is 2.39. The Labute approximate surface area is 89.2 Å². The highest BCUT2D eigenvalue weighted by atomic mass is 19.1. The lowest BCUT2D eigenvalue weighted by molar-refractivity contribution is -0.160. The predicted molar refractivity (Wildman–Crippen MR) is 55.2 cm³/mol. The maximum absolute atomic E-state index is 14.0. The zero-order valence-corrected chi connectivity index (χ0v) is 9.09. The second-order valence-corrected chi connectivity index (χ2v) is 3.69. The highest BCUT2D eigenvalue weighted by molar-refractivity contribution is 6.56. The minimum Gasteiger partial charge on any atom is -0.464 e. The van der Waals surface area contributed by atoms with E-state index in [4.69, 9.17) is 0 Å². The first-order chi connectivity index (χ1) is 6.99. The topological polar surface area (TPSA) is 46.6 Å². The predicted octanol–water partition coefficient (Wildman–Crippen LogP) is 0.107. The van der Waals surface area contributed by atoms with Crippen molar-refractivity contribution >= 4 is 19.6 Å². The van der Waals surface area contributed by atoms with Crippen molar-refractivity contribution in [1.29, 1.82) is 0 Å². The Bertz CT molecular complexity index is 264. The zero-order chi connectivity index (χ0) is 11.5. The lowest BCUT2D eigenvalue weighted by Gasteiger charge is -2.34. The third-order valence-electron chi connectivity index (χ3n) is 2.64. The summed E-state index contributed by atoms with van der Waals surface area (Å²) >= 11 is 0. The summed E-state index contributed by atoms with van der Waals surface area (Å²) < 4.78 is 18.6. The fourth-order valence-electron chi connectivity index (χ4n) is 1.64. The Morgan fingerprint density at radius 2 is 2.00 bits per heavy atom. The van der Waals surface area contributed by atoms with Crippen molar-refractivity contribution in [3.8, 4) is 0 Å². The molecule has 0 radical (unpaired) electrons. The number of hydrogen-bond acceptors (Lipinski definition) is 3. The molecule has 1 aliphatic rings. The molecule has 1 fully saturated rings. The summed E-state index contributed by atoms with van der Waals surface area (Å²) in [5.74, 6) is -0.880. The number of carbonyl (C=O) groups excluding carboxylic acids is 2. The van der Waals surface area contributed by atoms with Gasteiger partial charge in [-0.25, -0.2) is 9.18 Å². The number of halogens is 1. The smallest absolute Gasteiger partial charge is 0.344 e. The van der Waals surface area contributed by atoms with E-state index in [-0.39, 0.29) is 38.3 Å². The first-order valence-corrected chi connectivity index (χ1v) is 5.11. The van der Waals surface area contributed by atoms with Crippen LogP contribution in [0.15, 0.2) is 0 Å². The maximum atomic E-state index is 14.0. The number of alkyl halides is 1. The Morgan fingerprint density at radius 3 is 2.40 bits per heavy atom. The van der Waals surface area contributed by atoms with E-state index in [1.807, 2.05) is 0 Å². The van der Waals surface area contributed by atoms with Gasteiger partial charge in [-0.15, -0.1) is 0 Å². The monoisotopic (exact) mass is 215 g/mol. The highest BCUT2D eigenvalue weighted by Crippen LogP contribution is 2.27. The van der Waals surface area contributed by atoms with Crippen LogP contribution in [-0.2, 0) is 9.53 Å². The van der Waals surface area contributed by atoms with Crippen LogP contribution in [0, 0.1) is 0 Å². The van der Waals surface area contributed by atoms with Crippen LogP contribution in [-0.4, -0.2) is 49.9 Å². The van der Waals surface area contributed by atoms with Gasteiger partial charge >= 0.3 is 5.97 Å². The zero-order valence-electron chi connectivity index (χ0n) is 9.09. The van der Waals surface area contributed by atoms with E-state index in [1.165, 1.54) is 12.7 Å². The van der Waals surface area contributed by atoms with Gasteiger partial charge in [0.2, 0.25) is 13.5 Å². The number of rotatable bonds is 2. The van der Waals surface area contributed by atoms with E-state index in [0.717, 1.165) is 0 Å². The molecular weight excluding hydrogens is 200 g/mol. The molecule has 0 aliphatic carbocycles. The van der Waals surface area contributed by atoms with Crippen molar-refractivity contribution in [3.05, 3.63) is 0 Å². The van der Waals surface area contributed by atoms with E-state index in [1.54, 1.807) is 6.92 Å². The van der Waals surface area contributed by atoms with E-state index < -0.39 is 11.6 Å². The average molecular weight is 215 g/mol. The minimum absolute atomic E-state index is 0.0331. The van der Waals surface area contributed by atoms with Crippen molar-refractivity contribution in [2.75, 3.05) is 19.7 Å². The molecule has 1 saturated heterocycles. The van der Waals surface area contributed by atoms with Crippen LogP contribution in [0.5, 0.6) is 0 Å². The molecule has 0 aromatic heterocycles. The van der Waals surface area contributed by atoms with Crippen LogP contribution < -0.4 is 0 Å². The number of ether oxygens (including phenoxy) is 1. The fourth-order valence-corrected chi connectivity index (χ4v) is 1.64. The molecule has 0 atom stereocenters. The number of likely N-dealkylation sites (tertiary alicyclic amines) is 1. The molecule has 84 valence electrons. The molecule has 1 amide bonds. The summed E-state index contributed by atoms with van der Waals surface area (Å²) in [4.78, 5) is 23.8. The standard InChI is InChI=1S/C9H15BFNO3/c1-2-15-7(13)9(11)3-5-12(6-4-9)8(10)14/h2-6,10H2,1H3. The second-order valence-electron chi connectivity index (χ2n) is 3.69. The molecule has 0 aromatic rings. The Morgan fingerprint density at radius 1 is 1.47 bits per heavy atom. The third-order valence-corrected chi connectivity index (χ3v) is 2.64. The van der Waals surface area contributed by atoms with Crippen LogP contribution in [0.25, 0.3) is 0 Å². The fraction of sp³-hybridized carbons (Fsp3) is 0.778. The number of esters is 1. The minimum atomic E-state index is -1.90. The molecule has 0 spiro atoms. The van der Waals surface area contributed by atoms with E-state index in [2.05, 4.69) is 4.74 Å². The number of piperidine rings is 1. The Kier molecular flexibility index (Phi) is 3.71. The van der Waals surface area contributed by atoms with Crippen LogP contribution in [0.2, 0.25) is 0 Å². The number of nitrogens with zero attached hydrogens (tertiary/aromatic N) is 1. The van der Waals surface area contributed by atoms with Crippen molar-refractivity contribution in [2.45, 2.75) is 25.4 Å². The lowest BCUT2D eigenvalue weighted by Crippen LogP contribution is -2.48. The van der Waals surface area contributed by atoms with Gasteiger partial charge in [0, 0.05) is 25.9 Å². The SMILES string of the molecule is BC(=O)N1CCC(F)(C(=O)OCC)CC1. The van der Waals surface area contributed by atoms with E-state index in [9.17, 15) is 14.0 Å². The third kappa shape index (κ3) is 2.70. The average Bonchev–Trinajstić information content (AvgIpc) is 2.18. The Balaban J connectivity index is 2.54. The second kappa shape index (κ2) is 4.64. The molecule has 1 rings (SSSR count). The van der Waals surface area contributed by atoms with Gasteiger partial charge in [-0.3, -0.25) is 4.79 Å². The lowest BCUT2D eigenvalue weighted by atomic mass is 9.92. The first kappa shape index (κ1) is 12.0. The molecule has 4 nitrogen and oxygen atoms in total. The maximum Gasteiger partial charge on any atom is 0.344 e. The van der Waals surface area contributed by atoms with Crippen LogP contribution in [0.1, 0.15) is 19.8 Å². The number of hydrogen-bond donors (Lipinski definition) is 0. The van der Waals surface area contributed by atoms with Gasteiger partial charge in [-0.1, -0.05) is 0 Å². The summed E-state index contributed by atoms with van der Waals surface area (Å²) in [5, 5.41) is 0. The molecule has 0 aromatic carbocycles. The molecule has 0 bridgehead atoms.